The second-order valence-electron chi connectivity index (χ2n) is 3.60. The number of nitrogen functional groups attached to an aromatic ring is 1. The van der Waals surface area contributed by atoms with Crippen molar-refractivity contribution in [2.24, 2.45) is 5.73 Å². The fraction of sp³-hybridized carbons (Fsp3) is 0.400. The molecule has 0 aliphatic heterocycles. The molecule has 0 aliphatic carbocycles. The fourth-order valence-corrected chi connectivity index (χ4v) is 1.20. The van der Waals surface area contributed by atoms with Crippen LogP contribution in [0.4, 0.5) is 24.5 Å². The van der Waals surface area contributed by atoms with Crippen LogP contribution in [0.25, 0.3) is 0 Å². The lowest BCUT2D eigenvalue weighted by atomic mass is 10.2. The number of nitrogens with zero attached hydrogens (tertiary/aromatic N) is 1. The predicted molar refractivity (Wildman–Crippen MR) is 62.2 cm³/mol. The fourth-order valence-electron chi connectivity index (χ4n) is 1.20. The number of ether oxygens (including phenoxy) is 1. The highest BCUT2D eigenvalue weighted by molar-refractivity contribution is 5.75. The molecule has 0 atom stereocenters. The summed E-state index contributed by atoms with van der Waals surface area (Å²) < 4.78 is 42.1. The Labute approximate surface area is 106 Å². The highest BCUT2D eigenvalue weighted by Crippen LogP contribution is 2.30. The molecule has 0 aliphatic rings. The van der Waals surface area contributed by atoms with Crippen molar-refractivity contribution in [2.45, 2.75) is 6.18 Å². The summed E-state index contributed by atoms with van der Waals surface area (Å²) in [6, 6.07) is 0.809. The Kier molecular flexibility index (Phi) is 4.93. The summed E-state index contributed by atoms with van der Waals surface area (Å²) in [4.78, 5) is 13.6. The van der Waals surface area contributed by atoms with Crippen LogP contribution in [0.1, 0.15) is 5.69 Å². The number of halogens is 3. The monoisotopic (exact) mass is 278 g/mol. The molecule has 0 saturated carbocycles. The molecule has 0 bridgehead atoms. The van der Waals surface area contributed by atoms with E-state index in [4.69, 9.17) is 16.2 Å². The molecular weight excluding hydrogens is 265 g/mol. The summed E-state index contributed by atoms with van der Waals surface area (Å²) in [6.45, 7) is 0.0339. The van der Waals surface area contributed by atoms with Crippen LogP contribution in [-0.2, 0) is 15.7 Å². The van der Waals surface area contributed by atoms with Crippen LogP contribution in [0.2, 0.25) is 0 Å². The molecule has 0 spiro atoms. The van der Waals surface area contributed by atoms with Gasteiger partial charge in [0.25, 0.3) is 0 Å². The zero-order valence-corrected chi connectivity index (χ0v) is 9.83. The van der Waals surface area contributed by atoms with Gasteiger partial charge in [0.1, 0.15) is 12.3 Å². The Morgan fingerprint density at radius 3 is 2.74 bits per heavy atom. The molecular formula is C10H13F3N4O2. The highest BCUT2D eigenvalue weighted by atomic mass is 19.4. The summed E-state index contributed by atoms with van der Waals surface area (Å²) in [5, 5.41) is 2.66. The Morgan fingerprint density at radius 2 is 2.16 bits per heavy atom. The Balaban J connectivity index is 2.55. The molecule has 1 rings (SSSR count). The third-order valence-electron chi connectivity index (χ3n) is 2.03. The minimum atomic E-state index is -4.54. The maximum atomic E-state index is 12.4. The zero-order chi connectivity index (χ0) is 14.5. The summed E-state index contributed by atoms with van der Waals surface area (Å²) in [5.41, 5.74) is 9.48. The average molecular weight is 278 g/mol. The number of alkyl halides is 3. The number of nitrogens with one attached hydrogen (secondary N) is 1. The normalized spacial score (nSPS) is 11.3. The number of rotatable bonds is 6. The van der Waals surface area contributed by atoms with E-state index in [2.05, 4.69) is 10.3 Å². The first-order chi connectivity index (χ1) is 8.80. The number of aromatic nitrogens is 1. The maximum absolute atomic E-state index is 12.4. The van der Waals surface area contributed by atoms with Crippen LogP contribution in [0.5, 0.6) is 0 Å². The maximum Gasteiger partial charge on any atom is 0.433 e. The minimum Gasteiger partial charge on any atom is -0.396 e. The Morgan fingerprint density at radius 1 is 1.47 bits per heavy atom. The summed E-state index contributed by atoms with van der Waals surface area (Å²) >= 11 is 0. The number of primary amides is 1. The molecule has 19 heavy (non-hydrogen) atoms. The van der Waals surface area contributed by atoms with Crippen LogP contribution in [0, 0.1) is 0 Å². The van der Waals surface area contributed by atoms with Gasteiger partial charge in [-0.3, -0.25) is 4.79 Å². The van der Waals surface area contributed by atoms with Gasteiger partial charge in [-0.25, -0.2) is 4.98 Å². The highest BCUT2D eigenvalue weighted by Gasteiger charge is 2.32. The first-order valence-electron chi connectivity index (χ1n) is 5.23. The van der Waals surface area contributed by atoms with Crippen molar-refractivity contribution in [1.82, 2.24) is 4.98 Å². The molecule has 1 aromatic rings. The number of hydrogen-bond acceptors (Lipinski definition) is 5. The van der Waals surface area contributed by atoms with Crippen molar-refractivity contribution in [3.05, 3.63) is 18.0 Å². The van der Waals surface area contributed by atoms with Crippen molar-refractivity contribution < 1.29 is 22.7 Å². The number of anilines is 2. The standard InChI is InChI=1S/C10H13F3N4O2/c11-10(12,13)8-3-7(6(14)4-17-8)16-1-2-19-5-9(15)18/h3-4H,1-2,5,14H2,(H2,15,18)(H,16,17). The number of nitrogens with two attached hydrogens (primary N) is 2. The zero-order valence-electron chi connectivity index (χ0n) is 9.83. The molecule has 0 radical (unpaired) electrons. The molecule has 0 unspecified atom stereocenters. The third kappa shape index (κ3) is 5.00. The smallest absolute Gasteiger partial charge is 0.396 e. The van der Waals surface area contributed by atoms with Crippen molar-refractivity contribution in [2.75, 3.05) is 30.8 Å². The number of carbonyl (C=O) groups is 1. The van der Waals surface area contributed by atoms with Crippen LogP contribution in [-0.4, -0.2) is 30.6 Å². The molecule has 1 amide bonds. The van der Waals surface area contributed by atoms with E-state index in [1.807, 2.05) is 0 Å². The summed E-state index contributed by atoms with van der Waals surface area (Å²) in [6.07, 6.45) is -3.61. The van der Waals surface area contributed by atoms with Crippen LogP contribution >= 0.6 is 0 Å². The van der Waals surface area contributed by atoms with Gasteiger partial charge >= 0.3 is 6.18 Å². The molecule has 1 aromatic heterocycles. The SMILES string of the molecule is NC(=O)COCCNc1cc(C(F)(F)F)ncc1N. The molecule has 106 valence electrons. The van der Waals surface area contributed by atoms with E-state index < -0.39 is 17.8 Å². The summed E-state index contributed by atoms with van der Waals surface area (Å²) in [7, 11) is 0. The van der Waals surface area contributed by atoms with Gasteiger partial charge in [0.15, 0.2) is 0 Å². The van der Waals surface area contributed by atoms with Gasteiger partial charge in [0.05, 0.1) is 24.2 Å². The van der Waals surface area contributed by atoms with Crippen molar-refractivity contribution in [1.29, 1.82) is 0 Å². The molecule has 5 N–H and O–H groups in total. The number of carbonyl (C=O) groups excluding carboxylic acids is 1. The lowest BCUT2D eigenvalue weighted by Gasteiger charge is -2.12. The van der Waals surface area contributed by atoms with Gasteiger partial charge in [-0.15, -0.1) is 0 Å². The molecule has 9 heteroatoms. The lowest BCUT2D eigenvalue weighted by Crippen LogP contribution is -2.21. The molecule has 0 saturated heterocycles. The van der Waals surface area contributed by atoms with Gasteiger partial charge in [0, 0.05) is 6.54 Å². The van der Waals surface area contributed by atoms with Gasteiger partial charge in [-0.05, 0) is 6.07 Å². The van der Waals surface area contributed by atoms with E-state index >= 15 is 0 Å². The number of hydrogen-bond donors (Lipinski definition) is 3. The predicted octanol–water partition coefficient (Wildman–Crippen LogP) is 0.596. The van der Waals surface area contributed by atoms with Crippen LogP contribution < -0.4 is 16.8 Å². The lowest BCUT2D eigenvalue weighted by molar-refractivity contribution is -0.141. The largest absolute Gasteiger partial charge is 0.433 e. The first-order valence-corrected chi connectivity index (χ1v) is 5.23. The van der Waals surface area contributed by atoms with Gasteiger partial charge in [0.2, 0.25) is 5.91 Å². The van der Waals surface area contributed by atoms with Crippen molar-refractivity contribution in [3.8, 4) is 0 Å². The van der Waals surface area contributed by atoms with Gasteiger partial charge < -0.3 is 21.5 Å². The van der Waals surface area contributed by atoms with Crippen LogP contribution in [0.15, 0.2) is 12.3 Å². The van der Waals surface area contributed by atoms with E-state index in [0.29, 0.717) is 0 Å². The molecule has 0 fully saturated rings. The van der Waals surface area contributed by atoms with E-state index in [9.17, 15) is 18.0 Å². The molecule has 6 nitrogen and oxygen atoms in total. The minimum absolute atomic E-state index is 0.0860. The van der Waals surface area contributed by atoms with E-state index in [-0.39, 0.29) is 31.1 Å². The van der Waals surface area contributed by atoms with E-state index in [1.54, 1.807) is 0 Å². The number of amides is 1. The topological polar surface area (TPSA) is 103 Å². The second kappa shape index (κ2) is 6.23. The van der Waals surface area contributed by atoms with Crippen molar-refractivity contribution in [3.63, 3.8) is 0 Å². The molecule has 1 heterocycles. The second-order valence-corrected chi connectivity index (χ2v) is 3.60. The summed E-state index contributed by atoms with van der Waals surface area (Å²) in [5.74, 6) is -0.622. The first kappa shape index (κ1) is 15.0. The Hall–Kier alpha value is -2.03. The van der Waals surface area contributed by atoms with Crippen LogP contribution in [0.3, 0.4) is 0 Å². The Bertz CT molecular complexity index is 451. The van der Waals surface area contributed by atoms with Gasteiger partial charge in [-0.1, -0.05) is 0 Å². The van der Waals surface area contributed by atoms with Gasteiger partial charge in [-0.2, -0.15) is 13.2 Å². The quantitative estimate of drug-likeness (QED) is 0.661. The number of pyridine rings is 1. The van der Waals surface area contributed by atoms with E-state index in [1.165, 1.54) is 0 Å². The van der Waals surface area contributed by atoms with Crippen molar-refractivity contribution >= 4 is 17.3 Å². The average Bonchev–Trinajstić information content (AvgIpc) is 2.29. The molecule has 0 aromatic carbocycles. The third-order valence-corrected chi connectivity index (χ3v) is 2.03. The van der Waals surface area contributed by atoms with E-state index in [0.717, 1.165) is 12.3 Å².